The second kappa shape index (κ2) is 7.58. The van der Waals surface area contributed by atoms with Crippen LogP contribution in [0.3, 0.4) is 0 Å². The zero-order chi connectivity index (χ0) is 19.6. The molecule has 0 fully saturated rings. The Hall–Kier alpha value is -3.20. The Morgan fingerprint density at radius 1 is 1.11 bits per heavy atom. The van der Waals surface area contributed by atoms with Crippen molar-refractivity contribution in [1.29, 1.82) is 0 Å². The third kappa shape index (κ3) is 3.54. The molecule has 2 heterocycles. The first-order valence-corrected chi connectivity index (χ1v) is 8.81. The number of methoxy groups -OCH3 is 2. The average Bonchev–Trinajstić information content (AvgIpc) is 3.10. The number of hydrogen-bond donors (Lipinski definition) is 1. The summed E-state index contributed by atoms with van der Waals surface area (Å²) in [4.78, 5) is 34.0. The lowest BCUT2D eigenvalue weighted by Gasteiger charge is -2.09. The molecule has 9 heteroatoms. The van der Waals surface area contributed by atoms with Crippen molar-refractivity contribution in [1.82, 2.24) is 9.97 Å². The Balaban J connectivity index is 2.10. The fourth-order valence-electron chi connectivity index (χ4n) is 2.53. The van der Waals surface area contributed by atoms with Crippen molar-refractivity contribution in [2.45, 2.75) is 6.92 Å². The summed E-state index contributed by atoms with van der Waals surface area (Å²) >= 11 is 1.10. The Bertz CT molecular complexity index is 1030. The summed E-state index contributed by atoms with van der Waals surface area (Å²) in [6, 6.07) is 6.34. The van der Waals surface area contributed by atoms with Crippen LogP contribution in [0.5, 0.6) is 11.5 Å². The molecule has 1 aromatic carbocycles. The van der Waals surface area contributed by atoms with E-state index in [0.29, 0.717) is 32.2 Å². The van der Waals surface area contributed by atoms with Crippen LogP contribution in [0, 0.1) is 0 Å². The van der Waals surface area contributed by atoms with Gasteiger partial charge in [-0.2, -0.15) is 0 Å². The van der Waals surface area contributed by atoms with Crippen LogP contribution in [0.4, 0.5) is 5.95 Å². The van der Waals surface area contributed by atoms with Gasteiger partial charge in [0.1, 0.15) is 15.4 Å². The standard InChI is InChI=1S/C18H17N3O5S/c1-4-26-17(23)13-8-10-14(20-18(19)21-16(10)27-13)15(22)9-5-6-11(24-2)12(7-9)25-3/h5-8H,4H2,1-3H3,(H2,19,20,21). The SMILES string of the molecule is CCOC(=O)c1cc2c(C(=O)c3ccc(OC)c(OC)c3)nc(N)nc2s1. The van der Waals surface area contributed by atoms with Crippen molar-refractivity contribution < 1.29 is 23.8 Å². The number of fused-ring (bicyclic) bond motifs is 1. The summed E-state index contributed by atoms with van der Waals surface area (Å²) in [5.41, 5.74) is 6.21. The first-order valence-electron chi connectivity index (χ1n) is 7.99. The molecule has 2 aromatic heterocycles. The van der Waals surface area contributed by atoms with E-state index in [0.717, 1.165) is 11.3 Å². The van der Waals surface area contributed by atoms with Gasteiger partial charge >= 0.3 is 5.97 Å². The van der Waals surface area contributed by atoms with Gasteiger partial charge in [0.05, 0.1) is 20.8 Å². The minimum atomic E-state index is -0.483. The van der Waals surface area contributed by atoms with Crippen molar-refractivity contribution in [2.75, 3.05) is 26.6 Å². The van der Waals surface area contributed by atoms with Crippen LogP contribution in [0.15, 0.2) is 24.3 Å². The fraction of sp³-hybridized carbons (Fsp3) is 0.222. The molecule has 0 spiro atoms. The van der Waals surface area contributed by atoms with Crippen molar-refractivity contribution in [2.24, 2.45) is 0 Å². The van der Waals surface area contributed by atoms with Gasteiger partial charge in [0.2, 0.25) is 11.7 Å². The number of nitrogens with zero attached hydrogens (tertiary/aromatic N) is 2. The van der Waals surface area contributed by atoms with E-state index in [1.807, 2.05) is 0 Å². The molecule has 8 nitrogen and oxygen atoms in total. The van der Waals surface area contributed by atoms with E-state index in [4.69, 9.17) is 19.9 Å². The molecule has 0 aliphatic heterocycles. The fourth-order valence-corrected chi connectivity index (χ4v) is 3.46. The summed E-state index contributed by atoms with van der Waals surface area (Å²) in [5, 5.41) is 0.442. The van der Waals surface area contributed by atoms with E-state index < -0.39 is 5.97 Å². The number of nitrogens with two attached hydrogens (primary N) is 1. The number of hydrogen-bond acceptors (Lipinski definition) is 9. The molecule has 3 aromatic rings. The molecule has 27 heavy (non-hydrogen) atoms. The summed E-state index contributed by atoms with van der Waals surface area (Å²) < 4.78 is 15.4. The number of esters is 1. The number of benzene rings is 1. The van der Waals surface area contributed by atoms with E-state index in [2.05, 4.69) is 9.97 Å². The van der Waals surface area contributed by atoms with Crippen molar-refractivity contribution >= 4 is 39.3 Å². The number of aromatic nitrogens is 2. The smallest absolute Gasteiger partial charge is 0.348 e. The van der Waals surface area contributed by atoms with Gasteiger partial charge in [0.15, 0.2) is 11.5 Å². The third-order valence-corrected chi connectivity index (χ3v) is 4.76. The van der Waals surface area contributed by atoms with Crippen molar-refractivity contribution in [3.8, 4) is 11.5 Å². The summed E-state index contributed by atoms with van der Waals surface area (Å²) in [7, 11) is 2.99. The van der Waals surface area contributed by atoms with Crippen LogP contribution < -0.4 is 15.2 Å². The Kier molecular flexibility index (Phi) is 5.22. The van der Waals surface area contributed by atoms with Gasteiger partial charge in [-0.1, -0.05) is 0 Å². The number of ether oxygens (including phenoxy) is 3. The molecule has 140 valence electrons. The predicted octanol–water partition coefficient (Wildman–Crippen LogP) is 2.70. The highest BCUT2D eigenvalue weighted by atomic mass is 32.1. The van der Waals surface area contributed by atoms with Crippen LogP contribution in [-0.2, 0) is 4.74 Å². The maximum absolute atomic E-state index is 13.0. The number of rotatable bonds is 6. The summed E-state index contributed by atoms with van der Waals surface area (Å²) in [5.74, 6) is 0.0103. The molecule has 3 rings (SSSR count). The number of nitrogen functional groups attached to an aromatic ring is 1. The highest BCUT2D eigenvalue weighted by Gasteiger charge is 2.22. The second-order valence-electron chi connectivity index (χ2n) is 5.38. The van der Waals surface area contributed by atoms with Gasteiger partial charge in [-0.15, -0.1) is 11.3 Å². The predicted molar refractivity (Wildman–Crippen MR) is 101 cm³/mol. The summed E-state index contributed by atoms with van der Waals surface area (Å²) in [6.45, 7) is 1.97. The van der Waals surface area contributed by atoms with Crippen LogP contribution in [0.1, 0.15) is 32.6 Å². The van der Waals surface area contributed by atoms with E-state index >= 15 is 0 Å². The van der Waals surface area contributed by atoms with Gasteiger partial charge in [-0.3, -0.25) is 4.79 Å². The molecular formula is C18H17N3O5S. The number of thiophene rings is 1. The monoisotopic (exact) mass is 387 g/mol. The molecule has 0 bridgehead atoms. The largest absolute Gasteiger partial charge is 0.493 e. The number of carbonyl (C=O) groups is 2. The maximum Gasteiger partial charge on any atom is 0.348 e. The molecular weight excluding hydrogens is 370 g/mol. The Morgan fingerprint density at radius 3 is 2.52 bits per heavy atom. The lowest BCUT2D eigenvalue weighted by molar-refractivity contribution is 0.0532. The molecule has 0 saturated carbocycles. The van der Waals surface area contributed by atoms with Gasteiger partial charge < -0.3 is 19.9 Å². The van der Waals surface area contributed by atoms with Crippen LogP contribution in [0.2, 0.25) is 0 Å². The van der Waals surface area contributed by atoms with E-state index in [-0.39, 0.29) is 24.0 Å². The van der Waals surface area contributed by atoms with Crippen LogP contribution in [0.25, 0.3) is 10.2 Å². The molecule has 0 amide bonds. The molecule has 0 atom stereocenters. The zero-order valence-corrected chi connectivity index (χ0v) is 15.8. The maximum atomic E-state index is 13.0. The number of ketones is 1. The van der Waals surface area contributed by atoms with E-state index in [1.165, 1.54) is 14.2 Å². The quantitative estimate of drug-likeness (QED) is 0.507. The highest BCUT2D eigenvalue weighted by Crippen LogP contribution is 2.31. The molecule has 0 aliphatic rings. The third-order valence-electron chi connectivity index (χ3n) is 3.75. The van der Waals surface area contributed by atoms with E-state index in [1.54, 1.807) is 31.2 Å². The molecule has 0 saturated heterocycles. The molecule has 2 N–H and O–H groups in total. The van der Waals surface area contributed by atoms with Crippen molar-refractivity contribution in [3.05, 3.63) is 40.4 Å². The normalized spacial score (nSPS) is 10.6. The minimum absolute atomic E-state index is 0.0522. The van der Waals surface area contributed by atoms with Crippen LogP contribution in [-0.4, -0.2) is 42.5 Å². The molecule has 0 aliphatic carbocycles. The Labute approximate surface area is 158 Å². The average molecular weight is 387 g/mol. The number of carbonyl (C=O) groups excluding carboxylic acids is 2. The van der Waals surface area contributed by atoms with Crippen LogP contribution >= 0.6 is 11.3 Å². The topological polar surface area (TPSA) is 114 Å². The van der Waals surface area contributed by atoms with E-state index in [9.17, 15) is 9.59 Å². The lowest BCUT2D eigenvalue weighted by atomic mass is 10.1. The minimum Gasteiger partial charge on any atom is -0.493 e. The molecule has 0 unspecified atom stereocenters. The van der Waals surface area contributed by atoms with Gasteiger partial charge in [-0.05, 0) is 31.2 Å². The second-order valence-corrected chi connectivity index (χ2v) is 6.41. The number of anilines is 1. The van der Waals surface area contributed by atoms with Gasteiger partial charge in [-0.25, -0.2) is 14.8 Å². The molecule has 0 radical (unpaired) electrons. The first-order chi connectivity index (χ1) is 13.0. The highest BCUT2D eigenvalue weighted by molar-refractivity contribution is 7.20. The van der Waals surface area contributed by atoms with Gasteiger partial charge in [0, 0.05) is 10.9 Å². The summed E-state index contributed by atoms with van der Waals surface area (Å²) in [6.07, 6.45) is 0. The lowest BCUT2D eigenvalue weighted by Crippen LogP contribution is -2.08. The zero-order valence-electron chi connectivity index (χ0n) is 14.9. The van der Waals surface area contributed by atoms with Crippen molar-refractivity contribution in [3.63, 3.8) is 0 Å². The van der Waals surface area contributed by atoms with Gasteiger partial charge in [0.25, 0.3) is 0 Å². The first kappa shape index (κ1) is 18.6. The Morgan fingerprint density at radius 2 is 1.85 bits per heavy atom.